The van der Waals surface area contributed by atoms with Crippen LogP contribution in [0.2, 0.25) is 0 Å². The van der Waals surface area contributed by atoms with Gasteiger partial charge in [-0.25, -0.2) is 9.48 Å². The lowest BCUT2D eigenvalue weighted by Crippen LogP contribution is -2.23. The molecule has 0 saturated carbocycles. The van der Waals surface area contributed by atoms with Crippen molar-refractivity contribution in [1.29, 1.82) is 0 Å². The van der Waals surface area contributed by atoms with Crippen molar-refractivity contribution in [3.8, 4) is 17.2 Å². The summed E-state index contributed by atoms with van der Waals surface area (Å²) >= 11 is 0. The highest BCUT2D eigenvalue weighted by Gasteiger charge is 2.16. The Labute approximate surface area is 179 Å². The summed E-state index contributed by atoms with van der Waals surface area (Å²) < 4.78 is 17.8. The average Bonchev–Trinajstić information content (AvgIpc) is 3.19. The molecule has 1 aliphatic heterocycles. The van der Waals surface area contributed by atoms with Gasteiger partial charge in [-0.3, -0.25) is 4.79 Å². The number of aromatic nitrogens is 2. The molecule has 1 aromatic heterocycles. The Bertz CT molecular complexity index is 1100. The second-order valence-electron chi connectivity index (χ2n) is 6.98. The highest BCUT2D eigenvalue weighted by molar-refractivity contribution is 5.94. The van der Waals surface area contributed by atoms with Crippen molar-refractivity contribution in [1.82, 2.24) is 15.1 Å². The summed E-state index contributed by atoms with van der Waals surface area (Å²) in [5.74, 6) is 0.823. The number of hydrogen-bond acceptors (Lipinski definition) is 6. The van der Waals surface area contributed by atoms with Gasteiger partial charge >= 0.3 is 5.97 Å². The quantitative estimate of drug-likeness (QED) is 0.615. The number of rotatable bonds is 6. The summed E-state index contributed by atoms with van der Waals surface area (Å²) in [6, 6.07) is 12.6. The zero-order chi connectivity index (χ0) is 21.8. The molecule has 2 aromatic carbocycles. The van der Waals surface area contributed by atoms with E-state index in [1.165, 1.54) is 6.20 Å². The van der Waals surface area contributed by atoms with Crippen molar-refractivity contribution in [2.45, 2.75) is 20.4 Å². The van der Waals surface area contributed by atoms with Crippen LogP contribution < -0.4 is 14.8 Å². The first-order chi connectivity index (χ1) is 15.1. The monoisotopic (exact) mass is 421 g/mol. The summed E-state index contributed by atoms with van der Waals surface area (Å²) in [5, 5.41) is 7.18. The third kappa shape index (κ3) is 4.37. The highest BCUT2D eigenvalue weighted by Crippen LogP contribution is 2.30. The van der Waals surface area contributed by atoms with Gasteiger partial charge in [-0.2, -0.15) is 5.10 Å². The molecule has 1 aliphatic rings. The predicted octanol–water partition coefficient (Wildman–Crippen LogP) is 3.06. The van der Waals surface area contributed by atoms with Crippen LogP contribution in [0.4, 0.5) is 0 Å². The summed E-state index contributed by atoms with van der Waals surface area (Å²) in [5.41, 5.74) is 3.29. The second kappa shape index (κ2) is 8.91. The van der Waals surface area contributed by atoms with Crippen LogP contribution >= 0.6 is 0 Å². The molecular formula is C23H23N3O5. The van der Waals surface area contributed by atoms with E-state index in [2.05, 4.69) is 10.4 Å². The molecule has 8 nitrogen and oxygen atoms in total. The molecule has 3 aromatic rings. The molecule has 4 rings (SSSR count). The SMILES string of the molecule is CCOC(=O)c1cnn(-c2ccc(C(=O)NCc3ccc4c(c3)OCCO4)cc2)c1C. The van der Waals surface area contributed by atoms with Crippen molar-refractivity contribution in [3.05, 3.63) is 71.0 Å². The minimum absolute atomic E-state index is 0.189. The lowest BCUT2D eigenvalue weighted by molar-refractivity contribution is 0.0525. The van der Waals surface area contributed by atoms with Crippen LogP contribution in [-0.4, -0.2) is 41.5 Å². The highest BCUT2D eigenvalue weighted by atomic mass is 16.6. The molecule has 0 aliphatic carbocycles. The smallest absolute Gasteiger partial charge is 0.341 e. The number of carbonyl (C=O) groups is 2. The number of ether oxygens (including phenoxy) is 3. The first-order valence-electron chi connectivity index (χ1n) is 10.1. The molecule has 0 unspecified atom stereocenters. The van der Waals surface area contributed by atoms with E-state index < -0.39 is 5.97 Å². The fraction of sp³-hybridized carbons (Fsp3) is 0.261. The summed E-state index contributed by atoms with van der Waals surface area (Å²) in [7, 11) is 0. The van der Waals surface area contributed by atoms with Crippen LogP contribution in [-0.2, 0) is 11.3 Å². The van der Waals surface area contributed by atoms with Gasteiger partial charge in [0.1, 0.15) is 18.8 Å². The van der Waals surface area contributed by atoms with Gasteiger partial charge in [0.25, 0.3) is 5.91 Å². The minimum atomic E-state index is -0.401. The zero-order valence-electron chi connectivity index (χ0n) is 17.4. The molecule has 0 atom stereocenters. The average molecular weight is 421 g/mol. The molecular weight excluding hydrogens is 398 g/mol. The first-order valence-corrected chi connectivity index (χ1v) is 10.1. The molecule has 31 heavy (non-hydrogen) atoms. The topological polar surface area (TPSA) is 91.7 Å². The van der Waals surface area contributed by atoms with Crippen LogP contribution in [0.3, 0.4) is 0 Å². The Morgan fingerprint density at radius 3 is 2.58 bits per heavy atom. The predicted molar refractivity (Wildman–Crippen MR) is 113 cm³/mol. The Morgan fingerprint density at radius 2 is 1.84 bits per heavy atom. The van der Waals surface area contributed by atoms with Crippen molar-refractivity contribution < 1.29 is 23.8 Å². The molecule has 0 radical (unpaired) electrons. The molecule has 160 valence electrons. The van der Waals surface area contributed by atoms with Crippen molar-refractivity contribution in [2.75, 3.05) is 19.8 Å². The number of hydrogen-bond donors (Lipinski definition) is 1. The van der Waals surface area contributed by atoms with E-state index in [1.54, 1.807) is 42.8 Å². The standard InChI is InChI=1S/C23H23N3O5/c1-3-29-23(28)19-14-25-26(15(19)2)18-7-5-17(6-8-18)22(27)24-13-16-4-9-20-21(12-16)31-11-10-30-20/h4-9,12,14H,3,10-11,13H2,1-2H3,(H,24,27). The van der Waals surface area contributed by atoms with Crippen molar-refractivity contribution in [2.24, 2.45) is 0 Å². The second-order valence-corrected chi connectivity index (χ2v) is 6.98. The maximum atomic E-state index is 12.5. The summed E-state index contributed by atoms with van der Waals surface area (Å²) in [6.07, 6.45) is 1.49. The summed E-state index contributed by atoms with van der Waals surface area (Å²) in [4.78, 5) is 24.5. The molecule has 1 N–H and O–H groups in total. The van der Waals surface area contributed by atoms with Gasteiger partial charge in [0, 0.05) is 12.1 Å². The van der Waals surface area contributed by atoms with E-state index in [1.807, 2.05) is 18.2 Å². The number of nitrogens with one attached hydrogen (secondary N) is 1. The van der Waals surface area contributed by atoms with Gasteiger partial charge in [0.05, 0.1) is 24.2 Å². The number of nitrogens with zero attached hydrogens (tertiary/aromatic N) is 2. The van der Waals surface area contributed by atoms with Gasteiger partial charge in [0.15, 0.2) is 11.5 Å². The first kappa shape index (κ1) is 20.5. The molecule has 2 heterocycles. The van der Waals surface area contributed by atoms with E-state index in [4.69, 9.17) is 14.2 Å². The van der Waals surface area contributed by atoms with Gasteiger partial charge in [-0.05, 0) is 55.8 Å². The number of benzene rings is 2. The van der Waals surface area contributed by atoms with Crippen molar-refractivity contribution >= 4 is 11.9 Å². The molecule has 1 amide bonds. The lowest BCUT2D eigenvalue weighted by Gasteiger charge is -2.19. The Balaban J connectivity index is 1.41. The zero-order valence-corrected chi connectivity index (χ0v) is 17.4. The third-order valence-electron chi connectivity index (χ3n) is 4.94. The lowest BCUT2D eigenvalue weighted by atomic mass is 10.1. The number of esters is 1. The number of amides is 1. The Morgan fingerprint density at radius 1 is 1.10 bits per heavy atom. The molecule has 0 bridgehead atoms. The van der Waals surface area contributed by atoms with Crippen LogP contribution in [0, 0.1) is 6.92 Å². The third-order valence-corrected chi connectivity index (χ3v) is 4.94. The van der Waals surface area contributed by atoms with Gasteiger partial charge in [-0.15, -0.1) is 0 Å². The fourth-order valence-corrected chi connectivity index (χ4v) is 3.32. The molecule has 8 heteroatoms. The van der Waals surface area contributed by atoms with Crippen LogP contribution in [0.5, 0.6) is 11.5 Å². The van der Waals surface area contributed by atoms with Crippen LogP contribution in [0.25, 0.3) is 5.69 Å². The molecule has 0 fully saturated rings. The van der Waals surface area contributed by atoms with Gasteiger partial charge in [-0.1, -0.05) is 6.07 Å². The Kier molecular flexibility index (Phi) is 5.88. The molecule has 0 saturated heterocycles. The van der Waals surface area contributed by atoms with E-state index >= 15 is 0 Å². The summed E-state index contributed by atoms with van der Waals surface area (Å²) in [6.45, 7) is 5.30. The number of fused-ring (bicyclic) bond motifs is 1. The Hall–Kier alpha value is -3.81. The maximum Gasteiger partial charge on any atom is 0.341 e. The minimum Gasteiger partial charge on any atom is -0.486 e. The van der Waals surface area contributed by atoms with E-state index in [9.17, 15) is 9.59 Å². The number of carbonyl (C=O) groups excluding carboxylic acids is 2. The normalized spacial score (nSPS) is 12.3. The van der Waals surface area contributed by atoms with E-state index in [0.717, 1.165) is 17.0 Å². The van der Waals surface area contributed by atoms with E-state index in [-0.39, 0.29) is 5.91 Å². The fourth-order valence-electron chi connectivity index (χ4n) is 3.32. The van der Waals surface area contributed by atoms with Gasteiger partial charge < -0.3 is 19.5 Å². The maximum absolute atomic E-state index is 12.5. The van der Waals surface area contributed by atoms with E-state index in [0.29, 0.717) is 48.9 Å². The van der Waals surface area contributed by atoms with Crippen molar-refractivity contribution in [3.63, 3.8) is 0 Å². The van der Waals surface area contributed by atoms with Crippen LogP contribution in [0.1, 0.15) is 38.9 Å². The van der Waals surface area contributed by atoms with Gasteiger partial charge in [0.2, 0.25) is 0 Å². The molecule has 0 spiro atoms. The van der Waals surface area contributed by atoms with Crippen LogP contribution in [0.15, 0.2) is 48.7 Å². The largest absolute Gasteiger partial charge is 0.486 e.